The molecule has 1 saturated carbocycles. The number of hydrogen-bond acceptors (Lipinski definition) is 2. The largest absolute Gasteiger partial charge is 0.339 e. The van der Waals surface area contributed by atoms with E-state index >= 15 is 0 Å². The number of nitrogens with zero attached hydrogens (tertiary/aromatic N) is 1. The smallest absolute Gasteiger partial charge is 0.239 e. The van der Waals surface area contributed by atoms with Gasteiger partial charge in [0.25, 0.3) is 0 Å². The molecule has 1 atom stereocenters. The van der Waals surface area contributed by atoms with E-state index in [0.717, 1.165) is 25.8 Å². The van der Waals surface area contributed by atoms with Gasteiger partial charge in [-0.2, -0.15) is 0 Å². The van der Waals surface area contributed by atoms with Gasteiger partial charge in [0.05, 0.1) is 6.04 Å². The molecule has 0 bridgehead atoms. The van der Waals surface area contributed by atoms with Crippen LogP contribution in [0.2, 0.25) is 0 Å². The lowest BCUT2D eigenvalue weighted by Gasteiger charge is -2.30. The van der Waals surface area contributed by atoms with E-state index in [9.17, 15) is 4.79 Å². The maximum Gasteiger partial charge on any atom is 0.239 e. The number of unbranched alkanes of at least 4 members (excludes halogenated alkanes) is 1. The number of likely N-dealkylation sites (N-methyl/N-ethyl adjacent to an activating group) is 1. The van der Waals surface area contributed by atoms with Crippen LogP contribution >= 0.6 is 0 Å². The third-order valence-corrected chi connectivity index (χ3v) is 3.58. The standard InChI is InChI=1S/C13H26N2O/c1-3-5-10-12(14)13(16)15(4-2)11-8-6-7-9-11/h11-12H,3-10,14H2,1-2H3. The summed E-state index contributed by atoms with van der Waals surface area (Å²) in [4.78, 5) is 14.2. The molecule has 1 fully saturated rings. The first-order valence-corrected chi connectivity index (χ1v) is 6.76. The number of carbonyl (C=O) groups excluding carboxylic acids is 1. The molecule has 3 nitrogen and oxygen atoms in total. The van der Waals surface area contributed by atoms with Gasteiger partial charge in [-0.25, -0.2) is 0 Å². The Morgan fingerprint density at radius 2 is 2.00 bits per heavy atom. The van der Waals surface area contributed by atoms with E-state index in [1.807, 2.05) is 4.90 Å². The second-order valence-corrected chi connectivity index (χ2v) is 4.81. The minimum atomic E-state index is -0.277. The maximum atomic E-state index is 12.2. The first-order valence-electron chi connectivity index (χ1n) is 6.76. The van der Waals surface area contributed by atoms with Crippen LogP contribution in [0.5, 0.6) is 0 Å². The van der Waals surface area contributed by atoms with Crippen LogP contribution in [0.4, 0.5) is 0 Å². The highest BCUT2D eigenvalue weighted by atomic mass is 16.2. The molecule has 94 valence electrons. The van der Waals surface area contributed by atoms with Crippen molar-refractivity contribution < 1.29 is 4.79 Å². The summed E-state index contributed by atoms with van der Waals surface area (Å²) in [6, 6.07) is 0.186. The van der Waals surface area contributed by atoms with Gasteiger partial charge >= 0.3 is 0 Å². The van der Waals surface area contributed by atoms with Gasteiger partial charge in [-0.3, -0.25) is 4.79 Å². The van der Waals surface area contributed by atoms with Gasteiger partial charge in [0, 0.05) is 12.6 Å². The van der Waals surface area contributed by atoms with Crippen molar-refractivity contribution in [3.63, 3.8) is 0 Å². The molecule has 1 unspecified atom stereocenters. The fraction of sp³-hybridized carbons (Fsp3) is 0.923. The molecule has 3 heteroatoms. The normalized spacial score (nSPS) is 18.7. The van der Waals surface area contributed by atoms with E-state index in [-0.39, 0.29) is 11.9 Å². The highest BCUT2D eigenvalue weighted by Crippen LogP contribution is 2.24. The van der Waals surface area contributed by atoms with Gasteiger partial charge in [0.1, 0.15) is 0 Å². The van der Waals surface area contributed by atoms with Crippen molar-refractivity contribution in [1.82, 2.24) is 4.90 Å². The molecule has 16 heavy (non-hydrogen) atoms. The van der Waals surface area contributed by atoms with Crippen LogP contribution in [0.1, 0.15) is 58.8 Å². The SMILES string of the molecule is CCCCC(N)C(=O)N(CC)C1CCCC1. The van der Waals surface area contributed by atoms with Gasteiger partial charge in [-0.1, -0.05) is 32.6 Å². The van der Waals surface area contributed by atoms with Crippen LogP contribution < -0.4 is 5.73 Å². The molecular weight excluding hydrogens is 200 g/mol. The van der Waals surface area contributed by atoms with Crippen molar-refractivity contribution in [3.05, 3.63) is 0 Å². The Hall–Kier alpha value is -0.570. The summed E-state index contributed by atoms with van der Waals surface area (Å²) < 4.78 is 0. The number of hydrogen-bond donors (Lipinski definition) is 1. The number of rotatable bonds is 6. The molecule has 1 amide bonds. The Bertz CT molecular complexity index is 212. The van der Waals surface area contributed by atoms with Crippen molar-refractivity contribution in [3.8, 4) is 0 Å². The highest BCUT2D eigenvalue weighted by molar-refractivity contribution is 5.81. The minimum absolute atomic E-state index is 0.169. The molecule has 1 rings (SSSR count). The number of amides is 1. The van der Waals surface area contributed by atoms with Crippen molar-refractivity contribution in [2.24, 2.45) is 5.73 Å². The molecule has 1 aliphatic carbocycles. The lowest BCUT2D eigenvalue weighted by Crippen LogP contribution is -2.47. The Morgan fingerprint density at radius 1 is 1.38 bits per heavy atom. The first kappa shape index (κ1) is 13.5. The summed E-state index contributed by atoms with van der Waals surface area (Å²) in [5.74, 6) is 0.169. The molecule has 0 aliphatic heterocycles. The molecular formula is C13H26N2O. The monoisotopic (exact) mass is 226 g/mol. The zero-order valence-corrected chi connectivity index (χ0v) is 10.7. The third kappa shape index (κ3) is 3.48. The molecule has 0 aromatic heterocycles. The average Bonchev–Trinajstić information content (AvgIpc) is 2.80. The summed E-state index contributed by atoms with van der Waals surface area (Å²) in [7, 11) is 0. The van der Waals surface area contributed by atoms with Gasteiger partial charge < -0.3 is 10.6 Å². The summed E-state index contributed by atoms with van der Waals surface area (Å²) >= 11 is 0. The predicted molar refractivity (Wildman–Crippen MR) is 67.1 cm³/mol. The van der Waals surface area contributed by atoms with Gasteiger partial charge in [-0.15, -0.1) is 0 Å². The van der Waals surface area contributed by atoms with Crippen molar-refractivity contribution in [2.75, 3.05) is 6.54 Å². The second-order valence-electron chi connectivity index (χ2n) is 4.81. The molecule has 1 aliphatic rings. The van der Waals surface area contributed by atoms with E-state index in [2.05, 4.69) is 13.8 Å². The van der Waals surface area contributed by atoms with Crippen LogP contribution in [0.3, 0.4) is 0 Å². The quantitative estimate of drug-likeness (QED) is 0.755. The summed E-state index contributed by atoms with van der Waals surface area (Å²) in [5, 5.41) is 0. The molecule has 0 heterocycles. The third-order valence-electron chi connectivity index (χ3n) is 3.58. The van der Waals surface area contributed by atoms with Crippen molar-refractivity contribution in [2.45, 2.75) is 70.9 Å². The van der Waals surface area contributed by atoms with Crippen molar-refractivity contribution >= 4 is 5.91 Å². The van der Waals surface area contributed by atoms with E-state index in [1.54, 1.807) is 0 Å². The van der Waals surface area contributed by atoms with Gasteiger partial charge in [0.2, 0.25) is 5.91 Å². The predicted octanol–water partition coefficient (Wildman–Crippen LogP) is 2.29. The highest BCUT2D eigenvalue weighted by Gasteiger charge is 2.28. The van der Waals surface area contributed by atoms with Gasteiger partial charge in [-0.05, 0) is 26.2 Å². The van der Waals surface area contributed by atoms with Crippen molar-refractivity contribution in [1.29, 1.82) is 0 Å². The average molecular weight is 226 g/mol. The van der Waals surface area contributed by atoms with Crippen LogP contribution in [0.15, 0.2) is 0 Å². The number of nitrogens with two attached hydrogens (primary N) is 1. The van der Waals surface area contributed by atoms with Crippen LogP contribution in [-0.2, 0) is 4.79 Å². The Labute approximate surface area is 99.4 Å². The van der Waals surface area contributed by atoms with E-state index in [1.165, 1.54) is 25.7 Å². The zero-order valence-electron chi connectivity index (χ0n) is 10.7. The molecule has 0 aromatic carbocycles. The maximum absolute atomic E-state index is 12.2. The molecule has 0 saturated heterocycles. The van der Waals surface area contributed by atoms with E-state index in [4.69, 9.17) is 5.73 Å². The number of carbonyl (C=O) groups is 1. The topological polar surface area (TPSA) is 46.3 Å². The van der Waals surface area contributed by atoms with Crippen LogP contribution in [-0.4, -0.2) is 29.4 Å². The first-order chi connectivity index (χ1) is 7.70. The Kier molecular flexibility index (Phi) is 5.81. The fourth-order valence-corrected chi connectivity index (χ4v) is 2.57. The Balaban J connectivity index is 2.47. The fourth-order valence-electron chi connectivity index (χ4n) is 2.57. The summed E-state index contributed by atoms with van der Waals surface area (Å²) in [6.07, 6.45) is 7.85. The van der Waals surface area contributed by atoms with Crippen LogP contribution in [0, 0.1) is 0 Å². The zero-order chi connectivity index (χ0) is 12.0. The second kappa shape index (κ2) is 6.89. The lowest BCUT2D eigenvalue weighted by molar-refractivity contribution is -0.134. The molecule has 0 aromatic rings. The molecule has 2 N–H and O–H groups in total. The molecule has 0 spiro atoms. The van der Waals surface area contributed by atoms with Crippen LogP contribution in [0.25, 0.3) is 0 Å². The van der Waals surface area contributed by atoms with E-state index < -0.39 is 0 Å². The van der Waals surface area contributed by atoms with Gasteiger partial charge in [0.15, 0.2) is 0 Å². The minimum Gasteiger partial charge on any atom is -0.339 e. The summed E-state index contributed by atoms with van der Waals surface area (Å²) in [6.45, 7) is 5.00. The molecule has 0 radical (unpaired) electrons. The Morgan fingerprint density at radius 3 is 2.50 bits per heavy atom. The van der Waals surface area contributed by atoms with E-state index in [0.29, 0.717) is 6.04 Å². The lowest BCUT2D eigenvalue weighted by atomic mass is 10.1. The summed E-state index contributed by atoms with van der Waals surface area (Å²) in [5.41, 5.74) is 5.96.